The van der Waals surface area contributed by atoms with E-state index in [0.29, 0.717) is 31.9 Å². The smallest absolute Gasteiger partial charge is 0.273 e. The molecule has 10 nitrogen and oxygen atoms in total. The summed E-state index contributed by atoms with van der Waals surface area (Å²) in [6.07, 6.45) is 0. The molecule has 3 rings (SSSR count). The first-order valence-corrected chi connectivity index (χ1v) is 11.3. The normalized spacial score (nSPS) is 15.1. The van der Waals surface area contributed by atoms with Crippen molar-refractivity contribution < 1.29 is 27.5 Å². The molecular formula is C21H26N4O6S. The number of amides is 2. The number of nitrogens with zero attached hydrogens (tertiary/aromatic N) is 2. The van der Waals surface area contributed by atoms with Crippen LogP contribution in [0.15, 0.2) is 47.4 Å². The second-order valence-corrected chi connectivity index (χ2v) is 9.12. The van der Waals surface area contributed by atoms with Crippen LogP contribution in [0, 0.1) is 0 Å². The van der Waals surface area contributed by atoms with Crippen molar-refractivity contribution in [3.8, 4) is 11.5 Å². The van der Waals surface area contributed by atoms with E-state index in [1.54, 1.807) is 12.1 Å². The summed E-state index contributed by atoms with van der Waals surface area (Å²) in [6.45, 7) is 2.16. The van der Waals surface area contributed by atoms with Crippen molar-refractivity contribution in [1.82, 2.24) is 20.1 Å². The van der Waals surface area contributed by atoms with Crippen LogP contribution in [0.4, 0.5) is 0 Å². The van der Waals surface area contributed by atoms with E-state index in [1.165, 1.54) is 48.9 Å². The Kier molecular flexibility index (Phi) is 7.33. The molecule has 0 radical (unpaired) electrons. The van der Waals surface area contributed by atoms with Crippen molar-refractivity contribution in [2.75, 3.05) is 47.4 Å². The Morgan fingerprint density at radius 2 is 1.50 bits per heavy atom. The molecule has 2 amide bonds. The highest BCUT2D eigenvalue weighted by molar-refractivity contribution is 7.89. The van der Waals surface area contributed by atoms with E-state index in [9.17, 15) is 18.0 Å². The first kappa shape index (κ1) is 23.5. The van der Waals surface area contributed by atoms with Crippen LogP contribution in [0.2, 0.25) is 0 Å². The zero-order valence-electron chi connectivity index (χ0n) is 18.1. The molecule has 32 heavy (non-hydrogen) atoms. The van der Waals surface area contributed by atoms with Crippen LogP contribution in [0.1, 0.15) is 20.7 Å². The second-order valence-electron chi connectivity index (χ2n) is 7.18. The Hall–Kier alpha value is -3.15. The number of methoxy groups -OCH3 is 2. The number of benzene rings is 2. The molecule has 0 atom stereocenters. The number of carbonyl (C=O) groups is 2. The molecule has 2 N–H and O–H groups in total. The summed E-state index contributed by atoms with van der Waals surface area (Å²) in [5.41, 5.74) is 5.01. The number of nitrogens with one attached hydrogen (secondary N) is 2. The maximum absolute atomic E-state index is 12.8. The van der Waals surface area contributed by atoms with Gasteiger partial charge in [-0.25, -0.2) is 8.42 Å². The quantitative estimate of drug-likeness (QED) is 0.608. The zero-order chi connectivity index (χ0) is 23.3. The average Bonchev–Trinajstić information content (AvgIpc) is 2.82. The fourth-order valence-corrected chi connectivity index (χ4v) is 4.70. The highest BCUT2D eigenvalue weighted by Crippen LogP contribution is 2.30. The summed E-state index contributed by atoms with van der Waals surface area (Å²) >= 11 is 0. The highest BCUT2D eigenvalue weighted by Gasteiger charge is 2.27. The van der Waals surface area contributed by atoms with Crippen molar-refractivity contribution in [1.29, 1.82) is 0 Å². The van der Waals surface area contributed by atoms with Crippen LogP contribution < -0.4 is 20.3 Å². The fourth-order valence-electron chi connectivity index (χ4n) is 3.27. The maximum Gasteiger partial charge on any atom is 0.273 e. The summed E-state index contributed by atoms with van der Waals surface area (Å²) < 4.78 is 37.4. The summed E-state index contributed by atoms with van der Waals surface area (Å²) in [6, 6.07) is 10.4. The van der Waals surface area contributed by atoms with Crippen LogP contribution >= 0.6 is 0 Å². The SMILES string of the molecule is COc1cccc(C(=O)NNC(=O)c2ccc(S(=O)(=O)N3CCN(C)CC3)cc2)c1OC. The van der Waals surface area contributed by atoms with Gasteiger partial charge >= 0.3 is 0 Å². The third kappa shape index (κ3) is 5.01. The monoisotopic (exact) mass is 462 g/mol. The molecule has 172 valence electrons. The Bertz CT molecular complexity index is 1080. The van der Waals surface area contributed by atoms with Gasteiger partial charge < -0.3 is 14.4 Å². The molecule has 0 saturated carbocycles. The largest absolute Gasteiger partial charge is 0.493 e. The van der Waals surface area contributed by atoms with E-state index < -0.39 is 21.8 Å². The number of rotatable bonds is 6. The zero-order valence-corrected chi connectivity index (χ0v) is 18.9. The molecule has 2 aromatic carbocycles. The number of hydrogen-bond donors (Lipinski definition) is 2. The Balaban J connectivity index is 1.65. The highest BCUT2D eigenvalue weighted by atomic mass is 32.2. The number of hydrogen-bond acceptors (Lipinski definition) is 7. The molecule has 2 aromatic rings. The lowest BCUT2D eigenvalue weighted by Crippen LogP contribution is -2.47. The summed E-state index contributed by atoms with van der Waals surface area (Å²) in [4.78, 5) is 27.1. The predicted octanol–water partition coefficient (Wildman–Crippen LogP) is 0.715. The Morgan fingerprint density at radius 3 is 2.09 bits per heavy atom. The molecular weight excluding hydrogens is 436 g/mol. The fraction of sp³-hybridized carbons (Fsp3) is 0.333. The predicted molar refractivity (Wildman–Crippen MR) is 117 cm³/mol. The van der Waals surface area contributed by atoms with Gasteiger partial charge in [0.25, 0.3) is 11.8 Å². The summed E-state index contributed by atoms with van der Waals surface area (Å²) in [5.74, 6) is -0.573. The van der Waals surface area contributed by atoms with Gasteiger partial charge in [0.05, 0.1) is 24.7 Å². The van der Waals surface area contributed by atoms with Crippen LogP contribution in [0.25, 0.3) is 0 Å². The molecule has 0 spiro atoms. The standard InChI is InChI=1S/C21H26N4O6S/c1-24-11-13-25(14-12-24)32(28,29)16-9-7-15(8-10-16)20(26)22-23-21(27)17-5-4-6-18(30-2)19(17)31-3/h4-10H,11-14H2,1-3H3,(H,22,26)(H,23,27). The number of para-hydroxylation sites is 1. The van der Waals surface area contributed by atoms with E-state index >= 15 is 0 Å². The minimum atomic E-state index is -3.62. The van der Waals surface area contributed by atoms with E-state index in [2.05, 4.69) is 15.8 Å². The topological polar surface area (TPSA) is 117 Å². The van der Waals surface area contributed by atoms with Crippen molar-refractivity contribution in [2.45, 2.75) is 4.90 Å². The molecule has 11 heteroatoms. The summed E-state index contributed by atoms with van der Waals surface area (Å²) in [5, 5.41) is 0. The Morgan fingerprint density at radius 1 is 0.875 bits per heavy atom. The minimum Gasteiger partial charge on any atom is -0.493 e. The van der Waals surface area contributed by atoms with Crippen molar-refractivity contribution in [2.24, 2.45) is 0 Å². The van der Waals surface area contributed by atoms with Gasteiger partial charge in [0.15, 0.2) is 11.5 Å². The number of piperazine rings is 1. The molecule has 0 aliphatic carbocycles. The number of sulfonamides is 1. The van der Waals surface area contributed by atoms with E-state index in [1.807, 2.05) is 7.05 Å². The molecule has 0 bridgehead atoms. The van der Waals surface area contributed by atoms with Gasteiger partial charge in [0.1, 0.15) is 0 Å². The van der Waals surface area contributed by atoms with Gasteiger partial charge in [-0.1, -0.05) is 6.07 Å². The van der Waals surface area contributed by atoms with Gasteiger partial charge in [0.2, 0.25) is 10.0 Å². The van der Waals surface area contributed by atoms with Crippen LogP contribution in [0.3, 0.4) is 0 Å². The lowest BCUT2D eigenvalue weighted by Gasteiger charge is -2.31. The number of carbonyl (C=O) groups excluding carboxylic acids is 2. The average molecular weight is 463 g/mol. The van der Waals surface area contributed by atoms with E-state index in [4.69, 9.17) is 9.47 Å². The van der Waals surface area contributed by atoms with Crippen molar-refractivity contribution >= 4 is 21.8 Å². The summed E-state index contributed by atoms with van der Waals surface area (Å²) in [7, 11) is 1.18. The molecule has 1 fully saturated rings. The lowest BCUT2D eigenvalue weighted by molar-refractivity contribution is 0.0844. The number of ether oxygens (including phenoxy) is 2. The van der Waals surface area contributed by atoms with Crippen molar-refractivity contribution in [3.05, 3.63) is 53.6 Å². The third-order valence-corrected chi connectivity index (χ3v) is 7.07. The first-order chi connectivity index (χ1) is 15.3. The van der Waals surface area contributed by atoms with Gasteiger partial charge in [-0.2, -0.15) is 4.31 Å². The van der Waals surface area contributed by atoms with Gasteiger partial charge in [-0.15, -0.1) is 0 Å². The van der Waals surface area contributed by atoms with Crippen molar-refractivity contribution in [3.63, 3.8) is 0 Å². The molecule has 0 aromatic heterocycles. The van der Waals surface area contributed by atoms with E-state index in [0.717, 1.165) is 0 Å². The van der Waals surface area contributed by atoms with Crippen LogP contribution in [-0.2, 0) is 10.0 Å². The molecule has 1 aliphatic rings. The van der Waals surface area contributed by atoms with Crippen LogP contribution in [0.5, 0.6) is 11.5 Å². The molecule has 1 aliphatic heterocycles. The molecule has 1 heterocycles. The van der Waals surface area contributed by atoms with Gasteiger partial charge in [-0.3, -0.25) is 20.4 Å². The molecule has 0 unspecified atom stereocenters. The van der Waals surface area contributed by atoms with E-state index in [-0.39, 0.29) is 21.8 Å². The maximum atomic E-state index is 12.8. The van der Waals surface area contributed by atoms with Gasteiger partial charge in [-0.05, 0) is 43.4 Å². The second kappa shape index (κ2) is 9.98. The number of likely N-dealkylation sites (N-methyl/N-ethyl adjacent to an activating group) is 1. The first-order valence-electron chi connectivity index (χ1n) is 9.88. The minimum absolute atomic E-state index is 0.115. The Labute approximate surface area is 187 Å². The third-order valence-electron chi connectivity index (χ3n) is 5.15. The molecule has 1 saturated heterocycles. The van der Waals surface area contributed by atoms with Gasteiger partial charge in [0, 0.05) is 31.7 Å². The number of hydrazine groups is 1. The van der Waals surface area contributed by atoms with Crippen LogP contribution in [-0.4, -0.2) is 76.9 Å². The lowest BCUT2D eigenvalue weighted by atomic mass is 10.1.